The lowest BCUT2D eigenvalue weighted by Crippen LogP contribution is -2.32. The Labute approximate surface area is 94.7 Å². The van der Waals surface area contributed by atoms with Crippen LogP contribution in [0.1, 0.15) is 66.2 Å². The van der Waals surface area contributed by atoms with E-state index in [1.807, 2.05) is 0 Å². The van der Waals surface area contributed by atoms with Gasteiger partial charge >= 0.3 is 0 Å². The minimum atomic E-state index is 0. The van der Waals surface area contributed by atoms with Gasteiger partial charge in [0.15, 0.2) is 0 Å². The third-order valence-corrected chi connectivity index (χ3v) is 3.89. The summed E-state index contributed by atoms with van der Waals surface area (Å²) in [6, 6.07) is 0. The number of ether oxygens (including phenoxy) is 1. The maximum Gasteiger partial charge on any atom is 0.0680 e. The Kier molecular flexibility index (Phi) is 5.82. The number of hydrogen-bond acceptors (Lipinski definition) is 1. The normalized spacial score (nSPS) is 20.0. The van der Waals surface area contributed by atoms with Gasteiger partial charge in [0.25, 0.3) is 0 Å². The zero-order chi connectivity index (χ0) is 10.7. The lowest BCUT2D eigenvalue weighted by Gasteiger charge is -2.33. The molecule has 0 aliphatic heterocycles. The van der Waals surface area contributed by atoms with Crippen molar-refractivity contribution in [3.8, 4) is 0 Å². The third-order valence-electron chi connectivity index (χ3n) is 3.89. The molecule has 1 saturated carbocycles. The Hall–Kier alpha value is -0.0800. The zero-order valence-electron chi connectivity index (χ0n) is 10.9. The lowest BCUT2D eigenvalue weighted by molar-refractivity contribution is -0.0763. The van der Waals surface area contributed by atoms with Gasteiger partial charge in [0.05, 0.1) is 12.2 Å². The van der Waals surface area contributed by atoms with Crippen LogP contribution in [0.5, 0.6) is 0 Å². The molecule has 2 nitrogen and oxygen atoms in total. The van der Waals surface area contributed by atoms with Crippen molar-refractivity contribution in [1.29, 1.82) is 0 Å². The van der Waals surface area contributed by atoms with E-state index in [0.717, 1.165) is 6.61 Å². The smallest absolute Gasteiger partial charge is 0.0680 e. The van der Waals surface area contributed by atoms with Crippen LogP contribution in [-0.4, -0.2) is 17.7 Å². The second-order valence-corrected chi connectivity index (χ2v) is 5.55. The topological polar surface area (TPSA) is 40.7 Å². The Morgan fingerprint density at radius 3 is 2.07 bits per heavy atom. The summed E-state index contributed by atoms with van der Waals surface area (Å²) < 4.78 is 6.20. The molecule has 0 heterocycles. The summed E-state index contributed by atoms with van der Waals surface area (Å²) in [5.74, 6) is 0. The number of rotatable bonds is 5. The second-order valence-electron chi connectivity index (χ2n) is 5.55. The van der Waals surface area contributed by atoms with Crippen LogP contribution in [-0.2, 0) is 4.74 Å². The van der Waals surface area contributed by atoms with Gasteiger partial charge in [-0.15, -0.1) is 0 Å². The van der Waals surface area contributed by atoms with Gasteiger partial charge in [-0.1, -0.05) is 40.5 Å². The van der Waals surface area contributed by atoms with Crippen molar-refractivity contribution >= 4 is 0 Å². The van der Waals surface area contributed by atoms with Gasteiger partial charge in [0.2, 0.25) is 0 Å². The molecule has 15 heavy (non-hydrogen) atoms. The molecule has 0 aromatic rings. The summed E-state index contributed by atoms with van der Waals surface area (Å²) >= 11 is 0. The molecule has 0 unspecified atom stereocenters. The van der Waals surface area contributed by atoms with Gasteiger partial charge in [0, 0.05) is 0 Å². The fourth-order valence-corrected chi connectivity index (χ4v) is 2.07. The van der Waals surface area contributed by atoms with E-state index in [2.05, 4.69) is 27.7 Å². The molecular weight excluding hydrogens is 188 g/mol. The van der Waals surface area contributed by atoms with E-state index in [-0.39, 0.29) is 11.1 Å². The molecule has 0 radical (unpaired) electrons. The van der Waals surface area contributed by atoms with Gasteiger partial charge < -0.3 is 10.2 Å². The summed E-state index contributed by atoms with van der Waals surface area (Å²) in [6.07, 6.45) is 7.67. The van der Waals surface area contributed by atoms with Crippen LogP contribution in [0, 0.1) is 5.41 Å². The second kappa shape index (κ2) is 5.86. The van der Waals surface area contributed by atoms with Crippen molar-refractivity contribution in [1.82, 2.24) is 0 Å². The van der Waals surface area contributed by atoms with Gasteiger partial charge in [-0.25, -0.2) is 0 Å². The predicted molar refractivity (Wildman–Crippen MR) is 65.1 cm³/mol. The van der Waals surface area contributed by atoms with Crippen LogP contribution in [0.15, 0.2) is 0 Å². The molecule has 0 spiro atoms. The molecule has 0 saturated heterocycles. The first-order chi connectivity index (χ1) is 6.54. The first-order valence-electron chi connectivity index (χ1n) is 6.17. The van der Waals surface area contributed by atoms with E-state index in [9.17, 15) is 0 Å². The van der Waals surface area contributed by atoms with E-state index in [0.29, 0.717) is 5.41 Å². The summed E-state index contributed by atoms with van der Waals surface area (Å²) in [6.45, 7) is 10.0. The maximum absolute atomic E-state index is 6.20. The molecule has 2 heteroatoms. The van der Waals surface area contributed by atoms with Crippen LogP contribution in [0.4, 0.5) is 0 Å². The van der Waals surface area contributed by atoms with Crippen LogP contribution in [0.2, 0.25) is 0 Å². The molecule has 0 aromatic heterocycles. The fourth-order valence-electron chi connectivity index (χ4n) is 2.07. The molecule has 1 fully saturated rings. The van der Waals surface area contributed by atoms with Crippen LogP contribution < -0.4 is 0 Å². The summed E-state index contributed by atoms with van der Waals surface area (Å²) in [5, 5.41) is 0. The molecule has 92 valence electrons. The van der Waals surface area contributed by atoms with Crippen molar-refractivity contribution < 1.29 is 10.2 Å². The highest BCUT2D eigenvalue weighted by Gasteiger charge is 2.34. The average Bonchev–Trinajstić information content (AvgIpc) is 2.65. The molecule has 0 bridgehead atoms. The minimum Gasteiger partial charge on any atom is -0.412 e. The van der Waals surface area contributed by atoms with E-state index < -0.39 is 0 Å². The first-order valence-corrected chi connectivity index (χ1v) is 6.17. The lowest BCUT2D eigenvalue weighted by atomic mass is 9.90. The summed E-state index contributed by atoms with van der Waals surface area (Å²) in [4.78, 5) is 0. The highest BCUT2D eigenvalue weighted by atomic mass is 16.5. The van der Waals surface area contributed by atoms with Crippen molar-refractivity contribution in [3.05, 3.63) is 0 Å². The van der Waals surface area contributed by atoms with Gasteiger partial charge in [-0.3, -0.25) is 0 Å². The standard InChI is InChI=1S/C13H26O.H2O/c1-5-12(3,4)11-14-13(6-2)9-7-8-10-13;/h5-11H2,1-4H3;1H2. The van der Waals surface area contributed by atoms with Crippen molar-refractivity contribution in [2.45, 2.75) is 71.8 Å². The summed E-state index contributed by atoms with van der Waals surface area (Å²) in [7, 11) is 0. The SMILES string of the molecule is CCC(C)(C)COC1(CC)CCCC1.O. The Balaban J connectivity index is 0.00000196. The number of hydrogen-bond donors (Lipinski definition) is 0. The molecule has 1 rings (SSSR count). The molecule has 0 atom stereocenters. The Morgan fingerprint density at radius 1 is 1.13 bits per heavy atom. The van der Waals surface area contributed by atoms with Crippen LogP contribution >= 0.6 is 0 Å². The van der Waals surface area contributed by atoms with Gasteiger partial charge in [-0.2, -0.15) is 0 Å². The monoisotopic (exact) mass is 216 g/mol. The van der Waals surface area contributed by atoms with Gasteiger partial charge in [0.1, 0.15) is 0 Å². The molecule has 1 aliphatic rings. The quantitative estimate of drug-likeness (QED) is 0.695. The van der Waals surface area contributed by atoms with Crippen molar-refractivity contribution in [2.24, 2.45) is 5.41 Å². The third kappa shape index (κ3) is 4.12. The van der Waals surface area contributed by atoms with E-state index >= 15 is 0 Å². The summed E-state index contributed by atoms with van der Waals surface area (Å²) in [5.41, 5.74) is 0.594. The Morgan fingerprint density at radius 2 is 1.67 bits per heavy atom. The zero-order valence-corrected chi connectivity index (χ0v) is 10.9. The van der Waals surface area contributed by atoms with Crippen molar-refractivity contribution in [3.63, 3.8) is 0 Å². The largest absolute Gasteiger partial charge is 0.412 e. The molecular formula is C13H28O2. The average molecular weight is 216 g/mol. The highest BCUT2D eigenvalue weighted by Crippen LogP contribution is 2.37. The maximum atomic E-state index is 6.20. The molecule has 2 N–H and O–H groups in total. The predicted octanol–water partition coefficient (Wildman–Crippen LogP) is 3.34. The van der Waals surface area contributed by atoms with Crippen LogP contribution in [0.25, 0.3) is 0 Å². The van der Waals surface area contributed by atoms with Gasteiger partial charge in [-0.05, 0) is 31.1 Å². The molecule has 0 aromatic carbocycles. The molecule has 1 aliphatic carbocycles. The fraction of sp³-hybridized carbons (Fsp3) is 1.00. The first kappa shape index (κ1) is 14.9. The highest BCUT2D eigenvalue weighted by molar-refractivity contribution is 4.85. The molecule has 0 amide bonds. The van der Waals surface area contributed by atoms with Crippen LogP contribution in [0.3, 0.4) is 0 Å². The van der Waals surface area contributed by atoms with E-state index in [4.69, 9.17) is 4.74 Å². The Bertz CT molecular complexity index is 169. The van der Waals surface area contributed by atoms with E-state index in [1.165, 1.54) is 38.5 Å². The minimum absolute atomic E-state index is 0. The van der Waals surface area contributed by atoms with E-state index in [1.54, 1.807) is 0 Å². The van der Waals surface area contributed by atoms with Crippen molar-refractivity contribution in [2.75, 3.05) is 6.61 Å².